The minimum absolute atomic E-state index is 0.484. The molecular weight excluding hydrogens is 139 g/mol. The van der Waals surface area contributed by atoms with E-state index >= 15 is 0 Å². The number of alkyl halides is 1. The third-order valence-electron chi connectivity index (χ3n) is 0.377. The van der Waals surface area contributed by atoms with Crippen molar-refractivity contribution in [3.63, 3.8) is 0 Å². The fraction of sp³-hybridized carbons (Fsp3) is 1.00. The highest BCUT2D eigenvalue weighted by Crippen LogP contribution is 1.90. The van der Waals surface area contributed by atoms with E-state index in [1.165, 1.54) is 0 Å². The lowest BCUT2D eigenvalue weighted by Crippen LogP contribution is -2.08. The second-order valence-corrected chi connectivity index (χ2v) is 4.79. The average Bonchev–Trinajstić information content (AvgIpc) is 1.65. The lowest BCUT2D eigenvalue weighted by Gasteiger charge is -1.94. The van der Waals surface area contributed by atoms with E-state index in [4.69, 9.17) is 22.7 Å². The maximum absolute atomic E-state index is 5.43. The van der Waals surface area contributed by atoms with E-state index in [2.05, 4.69) is 4.43 Å². The van der Waals surface area contributed by atoms with E-state index in [-0.39, 0.29) is 0 Å². The van der Waals surface area contributed by atoms with E-state index in [0.29, 0.717) is 5.50 Å². The molecule has 4 heteroatoms. The van der Waals surface area contributed by atoms with Crippen molar-refractivity contribution in [2.75, 3.05) is 12.6 Å². The highest BCUT2D eigenvalue weighted by atomic mass is 35.6. The third-order valence-corrected chi connectivity index (χ3v) is 3.44. The molecular formula is C2H6Cl2OSi. The van der Waals surface area contributed by atoms with Crippen molar-refractivity contribution in [3.05, 3.63) is 0 Å². The van der Waals surface area contributed by atoms with Crippen molar-refractivity contribution in [1.29, 1.82) is 0 Å². The minimum atomic E-state index is -1.42. The number of rotatable bonds is 2. The summed E-state index contributed by atoms with van der Waals surface area (Å²) in [5.41, 5.74) is 0.484. The summed E-state index contributed by atoms with van der Waals surface area (Å²) >= 11 is 10.7. The standard InChI is InChI=1S/C2H6Cl2OSi/c1-5-6(4)2-3/h6H,2H2,1H3. The summed E-state index contributed by atoms with van der Waals surface area (Å²) in [6.45, 7) is 0. The molecule has 0 aromatic carbocycles. The molecule has 0 saturated carbocycles. The quantitative estimate of drug-likeness (QED) is 0.318. The topological polar surface area (TPSA) is 9.23 Å². The van der Waals surface area contributed by atoms with Crippen LogP contribution in [0.3, 0.4) is 0 Å². The molecule has 0 bridgehead atoms. The zero-order valence-corrected chi connectivity index (χ0v) is 6.12. The molecule has 1 unspecified atom stereocenters. The molecule has 0 heterocycles. The van der Waals surface area contributed by atoms with Crippen LogP contribution in [0.2, 0.25) is 0 Å². The smallest absolute Gasteiger partial charge is 0.288 e. The Kier molecular flexibility index (Phi) is 4.43. The first-order chi connectivity index (χ1) is 2.81. The second kappa shape index (κ2) is 3.93. The highest BCUT2D eigenvalue weighted by Gasteiger charge is 1.98. The van der Waals surface area contributed by atoms with Gasteiger partial charge in [-0.1, -0.05) is 0 Å². The summed E-state index contributed by atoms with van der Waals surface area (Å²) in [5, 5.41) is 0. The molecule has 0 radical (unpaired) electrons. The molecule has 0 aliphatic heterocycles. The minimum Gasteiger partial charge on any atom is -0.408 e. The molecule has 0 saturated heterocycles. The van der Waals surface area contributed by atoms with Gasteiger partial charge in [0.25, 0.3) is 8.35 Å². The summed E-state index contributed by atoms with van der Waals surface area (Å²) in [6, 6.07) is 0. The summed E-state index contributed by atoms with van der Waals surface area (Å²) in [6.07, 6.45) is 0. The van der Waals surface area contributed by atoms with Crippen LogP contribution in [0.5, 0.6) is 0 Å². The van der Waals surface area contributed by atoms with E-state index < -0.39 is 8.35 Å². The van der Waals surface area contributed by atoms with Crippen molar-refractivity contribution in [2.24, 2.45) is 0 Å². The van der Waals surface area contributed by atoms with Gasteiger partial charge in [-0.15, -0.1) is 22.7 Å². The summed E-state index contributed by atoms with van der Waals surface area (Å²) in [4.78, 5) is 0. The first kappa shape index (κ1) is 6.76. The Morgan fingerprint density at radius 3 is 2.33 bits per heavy atom. The van der Waals surface area contributed by atoms with Crippen molar-refractivity contribution in [1.82, 2.24) is 0 Å². The Morgan fingerprint density at radius 1 is 1.83 bits per heavy atom. The van der Waals surface area contributed by atoms with Gasteiger partial charge in [0.05, 0.1) is 5.50 Å². The Balaban J connectivity index is 2.75. The predicted molar refractivity (Wildman–Crippen MR) is 30.7 cm³/mol. The van der Waals surface area contributed by atoms with Gasteiger partial charge in [-0.05, 0) is 0 Å². The van der Waals surface area contributed by atoms with Gasteiger partial charge in [0.2, 0.25) is 0 Å². The van der Waals surface area contributed by atoms with Gasteiger partial charge in [-0.25, -0.2) is 0 Å². The monoisotopic (exact) mass is 144 g/mol. The van der Waals surface area contributed by atoms with Gasteiger partial charge >= 0.3 is 0 Å². The molecule has 0 N–H and O–H groups in total. The van der Waals surface area contributed by atoms with Crippen LogP contribution < -0.4 is 0 Å². The third kappa shape index (κ3) is 2.97. The zero-order valence-electron chi connectivity index (χ0n) is 3.45. The molecule has 0 amide bonds. The Hall–Kier alpha value is 0.757. The van der Waals surface area contributed by atoms with Crippen LogP contribution in [0, 0.1) is 0 Å². The molecule has 0 spiro atoms. The summed E-state index contributed by atoms with van der Waals surface area (Å²) < 4.78 is 4.67. The van der Waals surface area contributed by atoms with Crippen molar-refractivity contribution in [2.45, 2.75) is 0 Å². The number of halogens is 2. The van der Waals surface area contributed by atoms with Gasteiger partial charge in [-0.3, -0.25) is 0 Å². The van der Waals surface area contributed by atoms with Crippen LogP contribution in [0.25, 0.3) is 0 Å². The van der Waals surface area contributed by atoms with E-state index in [1.807, 2.05) is 0 Å². The molecule has 6 heavy (non-hydrogen) atoms. The van der Waals surface area contributed by atoms with E-state index in [1.54, 1.807) is 7.11 Å². The Labute approximate surface area is 48.6 Å². The largest absolute Gasteiger partial charge is 0.408 e. The maximum atomic E-state index is 5.43. The molecule has 0 aromatic rings. The number of hydrogen-bond acceptors (Lipinski definition) is 1. The normalized spacial score (nSPS) is 14.5. The fourth-order valence-corrected chi connectivity index (χ4v) is 0.567. The van der Waals surface area contributed by atoms with Crippen LogP contribution >= 0.6 is 22.7 Å². The van der Waals surface area contributed by atoms with Crippen molar-refractivity contribution >= 4 is 31.0 Å². The van der Waals surface area contributed by atoms with E-state index in [9.17, 15) is 0 Å². The molecule has 0 aromatic heterocycles. The molecule has 0 rings (SSSR count). The van der Waals surface area contributed by atoms with Crippen molar-refractivity contribution < 1.29 is 4.43 Å². The summed E-state index contributed by atoms with van der Waals surface area (Å²) in [7, 11) is 0.153. The maximum Gasteiger partial charge on any atom is 0.288 e. The van der Waals surface area contributed by atoms with Gasteiger partial charge in [-0.2, -0.15) is 0 Å². The van der Waals surface area contributed by atoms with Gasteiger partial charge in [0, 0.05) is 7.11 Å². The zero-order chi connectivity index (χ0) is 4.99. The van der Waals surface area contributed by atoms with Crippen LogP contribution in [0.15, 0.2) is 0 Å². The van der Waals surface area contributed by atoms with Crippen LogP contribution in [-0.4, -0.2) is 21.0 Å². The van der Waals surface area contributed by atoms with Gasteiger partial charge in [0.1, 0.15) is 0 Å². The Bertz CT molecular complexity index is 30.7. The SMILES string of the molecule is CO[SiH](Cl)CCl. The van der Waals surface area contributed by atoms with Crippen LogP contribution in [0.4, 0.5) is 0 Å². The molecule has 0 aliphatic rings. The van der Waals surface area contributed by atoms with Crippen LogP contribution in [0.1, 0.15) is 0 Å². The second-order valence-electron chi connectivity index (χ2n) is 0.800. The molecule has 38 valence electrons. The fourth-order valence-electron chi connectivity index (χ4n) is 0.0630. The average molecular weight is 145 g/mol. The number of hydrogen-bond donors (Lipinski definition) is 0. The van der Waals surface area contributed by atoms with E-state index in [0.717, 1.165) is 0 Å². The first-order valence-electron chi connectivity index (χ1n) is 1.54. The molecule has 1 atom stereocenters. The highest BCUT2D eigenvalue weighted by molar-refractivity contribution is 7.05. The van der Waals surface area contributed by atoms with Gasteiger partial charge < -0.3 is 4.43 Å². The lowest BCUT2D eigenvalue weighted by molar-refractivity contribution is 0.439. The van der Waals surface area contributed by atoms with Gasteiger partial charge in [0.15, 0.2) is 0 Å². The molecule has 1 nitrogen and oxygen atoms in total. The molecule has 0 fully saturated rings. The molecule has 0 aliphatic carbocycles. The Morgan fingerprint density at radius 2 is 2.33 bits per heavy atom. The summed E-state index contributed by atoms with van der Waals surface area (Å²) in [5.74, 6) is 0. The van der Waals surface area contributed by atoms with Crippen molar-refractivity contribution in [3.8, 4) is 0 Å². The predicted octanol–water partition coefficient (Wildman–Crippen LogP) is 0.870. The first-order valence-corrected chi connectivity index (χ1v) is 5.11. The lowest BCUT2D eigenvalue weighted by atomic mass is 11.8. The van der Waals surface area contributed by atoms with Crippen LogP contribution in [-0.2, 0) is 4.43 Å².